The monoisotopic (exact) mass is 903 g/mol. The van der Waals surface area contributed by atoms with Gasteiger partial charge in [0.15, 0.2) is 6.10 Å². The summed E-state index contributed by atoms with van der Waals surface area (Å²) in [6.07, 6.45) is 46.0. The molecular formula is C46H80O13P2. The second-order valence-corrected chi connectivity index (χ2v) is 17.6. The van der Waals surface area contributed by atoms with Gasteiger partial charge in [0, 0.05) is 12.8 Å². The van der Waals surface area contributed by atoms with Crippen molar-refractivity contribution in [2.24, 2.45) is 0 Å². The largest absolute Gasteiger partial charge is 0.472 e. The number of ether oxygens (including phenoxy) is 2. The molecule has 61 heavy (non-hydrogen) atoms. The first kappa shape index (κ1) is 58.6. The Balaban J connectivity index is 4.58. The summed E-state index contributed by atoms with van der Waals surface area (Å²) in [6.45, 7) is 1.59. The molecule has 0 rings (SSSR count). The van der Waals surface area contributed by atoms with Crippen LogP contribution in [0.15, 0.2) is 72.9 Å². The van der Waals surface area contributed by atoms with Crippen LogP contribution in [0.5, 0.6) is 0 Å². The number of aliphatic hydroxyl groups is 1. The van der Waals surface area contributed by atoms with E-state index in [1.807, 2.05) is 0 Å². The number of phosphoric ester groups is 2. The molecule has 4 N–H and O–H groups in total. The van der Waals surface area contributed by atoms with Gasteiger partial charge in [-0.2, -0.15) is 0 Å². The van der Waals surface area contributed by atoms with Crippen molar-refractivity contribution in [2.45, 2.75) is 180 Å². The van der Waals surface area contributed by atoms with Crippen molar-refractivity contribution in [3.8, 4) is 0 Å². The highest BCUT2D eigenvalue weighted by Gasteiger charge is 2.28. The van der Waals surface area contributed by atoms with Crippen LogP contribution in [-0.2, 0) is 41.8 Å². The molecule has 0 heterocycles. The molecule has 3 atom stereocenters. The van der Waals surface area contributed by atoms with Crippen molar-refractivity contribution in [2.75, 3.05) is 26.4 Å². The Morgan fingerprint density at radius 3 is 1.43 bits per heavy atom. The summed E-state index contributed by atoms with van der Waals surface area (Å²) in [6, 6.07) is 0. The predicted molar refractivity (Wildman–Crippen MR) is 244 cm³/mol. The minimum absolute atomic E-state index is 0.0883. The van der Waals surface area contributed by atoms with E-state index in [9.17, 15) is 28.7 Å². The van der Waals surface area contributed by atoms with Crippen LogP contribution in [0.25, 0.3) is 0 Å². The third-order valence-corrected chi connectivity index (χ3v) is 10.5. The Kier molecular flexibility index (Phi) is 39.9. The lowest BCUT2D eigenvalue weighted by atomic mass is 10.1. The predicted octanol–water partition coefficient (Wildman–Crippen LogP) is 11.8. The van der Waals surface area contributed by atoms with Gasteiger partial charge in [-0.05, 0) is 83.5 Å². The van der Waals surface area contributed by atoms with Crippen molar-refractivity contribution in [1.82, 2.24) is 0 Å². The van der Waals surface area contributed by atoms with Gasteiger partial charge in [0.25, 0.3) is 0 Å². The van der Waals surface area contributed by atoms with Gasteiger partial charge in [0.1, 0.15) is 12.7 Å². The molecule has 0 bridgehead atoms. The van der Waals surface area contributed by atoms with Gasteiger partial charge in [-0.3, -0.25) is 23.2 Å². The second kappa shape index (κ2) is 41.6. The number of unbranched alkanes of at least 4 members (excludes halogenated alkanes) is 14. The molecule has 0 fully saturated rings. The Labute approximate surface area is 367 Å². The Bertz CT molecular complexity index is 1350. The molecule has 352 valence electrons. The van der Waals surface area contributed by atoms with E-state index in [1.54, 1.807) is 0 Å². The van der Waals surface area contributed by atoms with E-state index < -0.39 is 66.2 Å². The fourth-order valence-electron chi connectivity index (χ4n) is 5.66. The van der Waals surface area contributed by atoms with Gasteiger partial charge in [0.05, 0.1) is 19.8 Å². The lowest BCUT2D eigenvalue weighted by Gasteiger charge is -2.20. The molecule has 0 aliphatic rings. The van der Waals surface area contributed by atoms with E-state index in [1.165, 1.54) is 44.9 Å². The first-order valence-electron chi connectivity index (χ1n) is 22.6. The highest BCUT2D eigenvalue weighted by atomic mass is 31.2. The maximum absolute atomic E-state index is 12.7. The van der Waals surface area contributed by atoms with Gasteiger partial charge in [-0.15, -0.1) is 0 Å². The van der Waals surface area contributed by atoms with E-state index in [-0.39, 0.29) is 12.8 Å². The first-order valence-corrected chi connectivity index (χ1v) is 25.7. The molecule has 0 aromatic heterocycles. The molecule has 15 heteroatoms. The van der Waals surface area contributed by atoms with Gasteiger partial charge in [-0.25, -0.2) is 9.13 Å². The number of carbonyl (C=O) groups is 2. The first-order chi connectivity index (χ1) is 29.4. The number of esters is 2. The summed E-state index contributed by atoms with van der Waals surface area (Å²) in [7, 11) is -9.69. The molecular weight excluding hydrogens is 822 g/mol. The standard InChI is InChI=1S/C46H80O13P2/c1-3-5-7-9-11-13-15-17-19-20-21-22-24-26-28-30-32-34-36-38-46(49)59-44(42-58-61(53,54)57-40-43(47)39-56-60(50,51)52)41-55-45(48)37-35-33-31-29-27-25-23-18-16-14-12-10-8-6-4-2/h5,7,11,13-14,16-17,19,21-22,26,28,43-44,47H,3-4,6,8-10,12,15,18,20,23-25,27,29-42H2,1-2H3,(H,53,54)(H2,50,51,52). The van der Waals surface area contributed by atoms with E-state index >= 15 is 0 Å². The molecule has 0 saturated heterocycles. The number of hydrogen-bond donors (Lipinski definition) is 4. The summed E-state index contributed by atoms with van der Waals surface area (Å²) in [5, 5.41) is 9.75. The third-order valence-electron chi connectivity index (χ3n) is 9.07. The fraction of sp³-hybridized carbons (Fsp3) is 0.696. The van der Waals surface area contributed by atoms with Crippen molar-refractivity contribution < 1.29 is 61.6 Å². The van der Waals surface area contributed by atoms with Gasteiger partial charge >= 0.3 is 27.6 Å². The van der Waals surface area contributed by atoms with Crippen LogP contribution in [0.4, 0.5) is 0 Å². The van der Waals surface area contributed by atoms with Gasteiger partial charge in [0.2, 0.25) is 0 Å². The highest BCUT2D eigenvalue weighted by Crippen LogP contribution is 2.43. The quantitative estimate of drug-likeness (QED) is 0.0196. The molecule has 3 unspecified atom stereocenters. The van der Waals surface area contributed by atoms with Crippen LogP contribution in [0.3, 0.4) is 0 Å². The minimum atomic E-state index is -4.87. The van der Waals surface area contributed by atoms with Crippen molar-refractivity contribution in [1.29, 1.82) is 0 Å². The van der Waals surface area contributed by atoms with E-state index in [0.29, 0.717) is 12.8 Å². The second-order valence-electron chi connectivity index (χ2n) is 14.9. The third kappa shape index (κ3) is 45.4. The fourth-order valence-corrected chi connectivity index (χ4v) is 6.82. The molecule has 0 aliphatic heterocycles. The number of rotatable bonds is 42. The van der Waals surface area contributed by atoms with E-state index in [2.05, 4.69) is 95.8 Å². The zero-order valence-corrected chi connectivity index (χ0v) is 39.0. The number of allylic oxidation sites excluding steroid dienone is 12. The molecule has 0 aromatic carbocycles. The Hall–Kier alpha value is -2.44. The zero-order valence-electron chi connectivity index (χ0n) is 37.2. The molecule has 0 spiro atoms. The topological polar surface area (TPSA) is 195 Å². The van der Waals surface area contributed by atoms with E-state index in [0.717, 1.165) is 83.5 Å². The SMILES string of the molecule is CCC=CCC=CCC=CCC=CCC=CCCCCCC(=O)OC(COC(=O)CCCCCCCCCC=CCCCCCC)COP(=O)(O)OCC(O)COP(=O)(O)O. The van der Waals surface area contributed by atoms with Crippen molar-refractivity contribution in [3.05, 3.63) is 72.9 Å². The number of carbonyl (C=O) groups excluding carboxylic acids is 2. The van der Waals surface area contributed by atoms with Crippen LogP contribution in [0, 0.1) is 0 Å². The Morgan fingerprint density at radius 2 is 0.902 bits per heavy atom. The number of hydrogen-bond acceptors (Lipinski definition) is 10. The summed E-state index contributed by atoms with van der Waals surface area (Å²) in [4.78, 5) is 52.7. The molecule has 0 amide bonds. The number of phosphoric acid groups is 2. The summed E-state index contributed by atoms with van der Waals surface area (Å²) in [5.74, 6) is -1.08. The summed E-state index contributed by atoms with van der Waals surface area (Å²) >= 11 is 0. The lowest BCUT2D eigenvalue weighted by Crippen LogP contribution is -2.30. The highest BCUT2D eigenvalue weighted by molar-refractivity contribution is 7.47. The maximum Gasteiger partial charge on any atom is 0.472 e. The van der Waals surface area contributed by atoms with Crippen LogP contribution in [0.1, 0.15) is 168 Å². The average Bonchev–Trinajstić information content (AvgIpc) is 3.22. The smallest absolute Gasteiger partial charge is 0.462 e. The normalized spacial score (nSPS) is 14.7. The summed E-state index contributed by atoms with van der Waals surface area (Å²) in [5.41, 5.74) is 0. The number of aliphatic hydroxyl groups excluding tert-OH is 1. The van der Waals surface area contributed by atoms with E-state index in [4.69, 9.17) is 23.8 Å². The van der Waals surface area contributed by atoms with Gasteiger partial charge in [-0.1, -0.05) is 145 Å². The van der Waals surface area contributed by atoms with Gasteiger partial charge < -0.3 is 29.3 Å². The lowest BCUT2D eigenvalue weighted by molar-refractivity contribution is -0.161. The summed E-state index contributed by atoms with van der Waals surface area (Å²) < 4.78 is 47.8. The molecule has 13 nitrogen and oxygen atoms in total. The average molecular weight is 903 g/mol. The van der Waals surface area contributed by atoms with Crippen molar-refractivity contribution in [3.63, 3.8) is 0 Å². The molecule has 0 aliphatic carbocycles. The van der Waals surface area contributed by atoms with Crippen LogP contribution in [-0.4, -0.2) is 70.4 Å². The minimum Gasteiger partial charge on any atom is -0.462 e. The van der Waals surface area contributed by atoms with Crippen LogP contribution in [0.2, 0.25) is 0 Å². The van der Waals surface area contributed by atoms with Crippen LogP contribution >= 0.6 is 15.6 Å². The Morgan fingerprint density at radius 1 is 0.492 bits per heavy atom. The molecule has 0 saturated carbocycles. The maximum atomic E-state index is 12.7. The molecule has 0 radical (unpaired) electrons. The van der Waals surface area contributed by atoms with Crippen LogP contribution < -0.4 is 0 Å². The van der Waals surface area contributed by atoms with Crippen molar-refractivity contribution >= 4 is 27.6 Å². The zero-order chi connectivity index (χ0) is 45.1. The molecule has 0 aromatic rings.